The van der Waals surface area contributed by atoms with Crippen LogP contribution in [0, 0.1) is 19.3 Å². The van der Waals surface area contributed by atoms with Gasteiger partial charge in [0.1, 0.15) is 5.84 Å². The van der Waals surface area contributed by atoms with Crippen molar-refractivity contribution in [3.8, 4) is 0 Å². The first-order valence-electron chi connectivity index (χ1n) is 6.68. The van der Waals surface area contributed by atoms with E-state index in [1.165, 1.54) is 0 Å². The van der Waals surface area contributed by atoms with Gasteiger partial charge in [0.15, 0.2) is 0 Å². The Balaban J connectivity index is 2.44. The van der Waals surface area contributed by atoms with Crippen molar-refractivity contribution in [1.82, 2.24) is 4.98 Å². The third-order valence-electron chi connectivity index (χ3n) is 3.37. The molecule has 0 bridgehead atoms. The zero-order valence-corrected chi connectivity index (χ0v) is 11.9. The Morgan fingerprint density at radius 1 is 1.53 bits per heavy atom. The molecule has 0 amide bonds. The van der Waals surface area contributed by atoms with Crippen LogP contribution in [0.2, 0.25) is 0 Å². The number of anilines is 1. The van der Waals surface area contributed by atoms with Gasteiger partial charge in [-0.15, -0.1) is 0 Å². The summed E-state index contributed by atoms with van der Waals surface area (Å²) in [5.74, 6) is 0.0813. The summed E-state index contributed by atoms with van der Waals surface area (Å²) in [7, 11) is 0. The van der Waals surface area contributed by atoms with E-state index < -0.39 is 0 Å². The number of aryl methyl sites for hydroxylation is 2. The summed E-state index contributed by atoms with van der Waals surface area (Å²) in [6.45, 7) is 8.49. The van der Waals surface area contributed by atoms with Crippen molar-refractivity contribution in [2.45, 2.75) is 33.3 Å². The molecule has 0 radical (unpaired) electrons. The molecule has 5 nitrogen and oxygen atoms in total. The van der Waals surface area contributed by atoms with Crippen LogP contribution in [0.3, 0.4) is 0 Å². The van der Waals surface area contributed by atoms with E-state index in [0.29, 0.717) is 0 Å². The topological polar surface area (TPSA) is 75.2 Å². The molecule has 1 atom stereocenters. The Labute approximate surface area is 114 Å². The fraction of sp³-hybridized carbons (Fsp3) is 0.571. The summed E-state index contributed by atoms with van der Waals surface area (Å²) in [5.41, 5.74) is 9.26. The standard InChI is InChI=1S/C14H22N4O/c1-9-7-12(13(14(15)16)11(3)17-9)18-5-4-6-19-10(2)8-18/h7,10H,4-6,8H2,1-3H3,(H3,15,16). The number of nitrogen functional groups attached to an aromatic ring is 1. The van der Waals surface area contributed by atoms with Gasteiger partial charge in [0, 0.05) is 25.4 Å². The lowest BCUT2D eigenvalue weighted by Crippen LogP contribution is -2.32. The Kier molecular flexibility index (Phi) is 4.04. The van der Waals surface area contributed by atoms with Crippen LogP contribution in [0.15, 0.2) is 6.07 Å². The maximum absolute atomic E-state index is 7.79. The monoisotopic (exact) mass is 262 g/mol. The van der Waals surface area contributed by atoms with Crippen LogP contribution >= 0.6 is 0 Å². The lowest BCUT2D eigenvalue weighted by atomic mass is 10.1. The highest BCUT2D eigenvalue weighted by atomic mass is 16.5. The van der Waals surface area contributed by atoms with Gasteiger partial charge >= 0.3 is 0 Å². The first-order valence-corrected chi connectivity index (χ1v) is 6.68. The zero-order valence-electron chi connectivity index (χ0n) is 11.9. The molecule has 104 valence electrons. The molecule has 3 N–H and O–H groups in total. The van der Waals surface area contributed by atoms with E-state index in [0.717, 1.165) is 48.8 Å². The second-order valence-corrected chi connectivity index (χ2v) is 5.14. The maximum Gasteiger partial charge on any atom is 0.126 e. The third kappa shape index (κ3) is 3.04. The summed E-state index contributed by atoms with van der Waals surface area (Å²) < 4.78 is 5.67. The number of nitrogens with zero attached hydrogens (tertiary/aromatic N) is 2. The quantitative estimate of drug-likeness (QED) is 0.627. The molecule has 1 saturated heterocycles. The van der Waals surface area contributed by atoms with E-state index in [1.807, 2.05) is 19.9 Å². The molecule has 0 aliphatic carbocycles. The summed E-state index contributed by atoms with van der Waals surface area (Å²) in [4.78, 5) is 6.67. The lowest BCUT2D eigenvalue weighted by molar-refractivity contribution is 0.0821. The molecule has 5 heteroatoms. The Bertz CT molecular complexity index is 487. The Morgan fingerprint density at radius 3 is 2.95 bits per heavy atom. The number of amidine groups is 1. The highest BCUT2D eigenvalue weighted by Crippen LogP contribution is 2.25. The van der Waals surface area contributed by atoms with Crippen molar-refractivity contribution in [2.75, 3.05) is 24.6 Å². The number of pyridine rings is 1. The van der Waals surface area contributed by atoms with Gasteiger partial charge in [-0.3, -0.25) is 10.4 Å². The van der Waals surface area contributed by atoms with Gasteiger partial charge in [-0.1, -0.05) is 0 Å². The summed E-state index contributed by atoms with van der Waals surface area (Å²) in [5, 5.41) is 7.79. The minimum absolute atomic E-state index is 0.0813. The Hall–Kier alpha value is -1.62. The SMILES string of the molecule is Cc1cc(N2CCCOC(C)C2)c(C(=N)N)c(C)n1. The molecule has 1 unspecified atom stereocenters. The normalized spacial score (nSPS) is 20.2. The molecule has 0 saturated carbocycles. The average molecular weight is 262 g/mol. The van der Waals surface area contributed by atoms with Crippen LogP contribution in [-0.2, 0) is 4.74 Å². The Morgan fingerprint density at radius 2 is 2.26 bits per heavy atom. The van der Waals surface area contributed by atoms with E-state index >= 15 is 0 Å². The smallest absolute Gasteiger partial charge is 0.126 e. The first kappa shape index (κ1) is 13.8. The van der Waals surface area contributed by atoms with Crippen molar-refractivity contribution in [2.24, 2.45) is 5.73 Å². The van der Waals surface area contributed by atoms with E-state index in [2.05, 4.69) is 16.8 Å². The van der Waals surface area contributed by atoms with E-state index in [9.17, 15) is 0 Å². The molecule has 1 fully saturated rings. The number of ether oxygens (including phenoxy) is 1. The number of aromatic nitrogens is 1. The highest BCUT2D eigenvalue weighted by Gasteiger charge is 2.21. The molecule has 2 rings (SSSR count). The van der Waals surface area contributed by atoms with Crippen molar-refractivity contribution < 1.29 is 4.74 Å². The molecule has 1 aliphatic heterocycles. The van der Waals surface area contributed by atoms with E-state index in [-0.39, 0.29) is 11.9 Å². The van der Waals surface area contributed by atoms with Crippen LogP contribution in [0.5, 0.6) is 0 Å². The summed E-state index contributed by atoms with van der Waals surface area (Å²) in [6.07, 6.45) is 1.18. The minimum Gasteiger partial charge on any atom is -0.384 e. The molecule has 2 heterocycles. The minimum atomic E-state index is 0.0813. The molecule has 19 heavy (non-hydrogen) atoms. The van der Waals surface area contributed by atoms with Crippen LogP contribution in [-0.4, -0.2) is 36.6 Å². The molecular formula is C14H22N4O. The lowest BCUT2D eigenvalue weighted by Gasteiger charge is -2.27. The van der Waals surface area contributed by atoms with Crippen molar-refractivity contribution >= 4 is 11.5 Å². The molecule has 1 aromatic heterocycles. The van der Waals surface area contributed by atoms with Crippen LogP contribution in [0.4, 0.5) is 5.69 Å². The van der Waals surface area contributed by atoms with Crippen LogP contribution < -0.4 is 10.6 Å². The molecular weight excluding hydrogens is 240 g/mol. The number of nitrogens with two attached hydrogens (primary N) is 1. The highest BCUT2D eigenvalue weighted by molar-refractivity contribution is 6.01. The van der Waals surface area contributed by atoms with Gasteiger partial charge in [-0.05, 0) is 33.3 Å². The molecule has 0 spiro atoms. The molecule has 1 aromatic rings. The zero-order chi connectivity index (χ0) is 14.0. The van der Waals surface area contributed by atoms with Gasteiger partial charge < -0.3 is 15.4 Å². The number of rotatable bonds is 2. The second kappa shape index (κ2) is 5.57. The first-order chi connectivity index (χ1) is 8.99. The predicted molar refractivity (Wildman–Crippen MR) is 77.0 cm³/mol. The number of hydrogen-bond acceptors (Lipinski definition) is 4. The summed E-state index contributed by atoms with van der Waals surface area (Å²) >= 11 is 0. The van der Waals surface area contributed by atoms with Crippen molar-refractivity contribution in [3.05, 3.63) is 23.0 Å². The van der Waals surface area contributed by atoms with Crippen molar-refractivity contribution in [1.29, 1.82) is 5.41 Å². The van der Waals surface area contributed by atoms with E-state index in [1.54, 1.807) is 0 Å². The van der Waals surface area contributed by atoms with Gasteiger partial charge in [0.2, 0.25) is 0 Å². The van der Waals surface area contributed by atoms with Crippen LogP contribution in [0.1, 0.15) is 30.3 Å². The number of hydrogen-bond donors (Lipinski definition) is 2. The van der Waals surface area contributed by atoms with Gasteiger partial charge in [0.05, 0.1) is 23.0 Å². The van der Waals surface area contributed by atoms with Crippen LogP contribution in [0.25, 0.3) is 0 Å². The average Bonchev–Trinajstić information content (AvgIpc) is 2.52. The third-order valence-corrected chi connectivity index (χ3v) is 3.37. The van der Waals surface area contributed by atoms with Crippen molar-refractivity contribution in [3.63, 3.8) is 0 Å². The van der Waals surface area contributed by atoms with Gasteiger partial charge in [0.25, 0.3) is 0 Å². The predicted octanol–water partition coefficient (Wildman–Crippen LogP) is 1.60. The second-order valence-electron chi connectivity index (χ2n) is 5.14. The van der Waals surface area contributed by atoms with E-state index in [4.69, 9.17) is 15.9 Å². The van der Waals surface area contributed by atoms with Gasteiger partial charge in [-0.25, -0.2) is 0 Å². The fourth-order valence-corrected chi connectivity index (χ4v) is 2.60. The molecule has 1 aliphatic rings. The van der Waals surface area contributed by atoms with Gasteiger partial charge in [-0.2, -0.15) is 0 Å². The molecule has 0 aromatic carbocycles. The maximum atomic E-state index is 7.79. The fourth-order valence-electron chi connectivity index (χ4n) is 2.60. The number of nitrogens with one attached hydrogen (secondary N) is 1. The summed E-state index contributed by atoms with van der Waals surface area (Å²) in [6, 6.07) is 2.02. The largest absolute Gasteiger partial charge is 0.384 e.